The van der Waals surface area contributed by atoms with E-state index >= 15 is 0 Å². The summed E-state index contributed by atoms with van der Waals surface area (Å²) in [7, 11) is 1.51. The third-order valence-corrected chi connectivity index (χ3v) is 4.72. The lowest BCUT2D eigenvalue weighted by Gasteiger charge is -2.07. The first kappa shape index (κ1) is 13.8. The van der Waals surface area contributed by atoms with Gasteiger partial charge in [0.05, 0.1) is 11.1 Å². The van der Waals surface area contributed by atoms with Gasteiger partial charge in [0.25, 0.3) is 11.8 Å². The Kier molecular flexibility index (Phi) is 3.29. The van der Waals surface area contributed by atoms with Gasteiger partial charge in [0.1, 0.15) is 0 Å². The normalized spacial score (nSPS) is 13.8. The summed E-state index contributed by atoms with van der Waals surface area (Å²) in [5.41, 5.74) is 3.08. The van der Waals surface area contributed by atoms with Crippen LogP contribution in [0.3, 0.4) is 0 Å². The van der Waals surface area contributed by atoms with E-state index in [0.29, 0.717) is 17.7 Å². The highest BCUT2D eigenvalue weighted by atomic mass is 32.1. The maximum Gasteiger partial charge on any atom is 0.261 e. The van der Waals surface area contributed by atoms with Gasteiger partial charge in [-0.1, -0.05) is 0 Å². The van der Waals surface area contributed by atoms with Gasteiger partial charge in [0.15, 0.2) is 0 Å². The van der Waals surface area contributed by atoms with E-state index in [-0.39, 0.29) is 11.8 Å². The third-order valence-electron chi connectivity index (χ3n) is 3.72. The number of imide groups is 1. The van der Waals surface area contributed by atoms with Crippen molar-refractivity contribution in [2.45, 2.75) is 20.4 Å². The second-order valence-electron chi connectivity index (χ2n) is 5.22. The molecule has 0 atom stereocenters. The Hall–Kier alpha value is -2.14. The molecule has 2 heterocycles. The van der Waals surface area contributed by atoms with Crippen molar-refractivity contribution in [2.24, 2.45) is 0 Å². The van der Waals surface area contributed by atoms with Crippen LogP contribution >= 0.6 is 11.3 Å². The number of amides is 2. The van der Waals surface area contributed by atoms with E-state index in [1.807, 2.05) is 6.07 Å². The highest BCUT2D eigenvalue weighted by Crippen LogP contribution is 2.26. The molecule has 0 fully saturated rings. The van der Waals surface area contributed by atoms with E-state index in [1.54, 1.807) is 23.5 Å². The number of fused-ring (bicyclic) bond motifs is 1. The first-order valence-electron chi connectivity index (χ1n) is 6.73. The summed E-state index contributed by atoms with van der Waals surface area (Å²) >= 11 is 1.78. The number of hydrogen-bond acceptors (Lipinski definition) is 4. The van der Waals surface area contributed by atoms with Gasteiger partial charge in [0.2, 0.25) is 0 Å². The Morgan fingerprint density at radius 1 is 1.10 bits per heavy atom. The molecule has 108 valence electrons. The van der Waals surface area contributed by atoms with Gasteiger partial charge in [-0.2, -0.15) is 0 Å². The van der Waals surface area contributed by atoms with Gasteiger partial charge >= 0.3 is 0 Å². The molecule has 0 bridgehead atoms. The molecular formula is C16H16N2O2S. The lowest BCUT2D eigenvalue weighted by atomic mass is 10.1. The summed E-state index contributed by atoms with van der Waals surface area (Å²) in [6.07, 6.45) is 0. The minimum Gasteiger partial charge on any atom is -0.381 e. The molecule has 1 N–H and O–H groups in total. The molecule has 1 aliphatic heterocycles. The molecule has 0 saturated heterocycles. The van der Waals surface area contributed by atoms with E-state index in [0.717, 1.165) is 10.6 Å². The maximum absolute atomic E-state index is 12.0. The zero-order valence-corrected chi connectivity index (χ0v) is 13.0. The molecule has 0 radical (unpaired) electrons. The molecule has 0 spiro atoms. The summed E-state index contributed by atoms with van der Waals surface area (Å²) in [6.45, 7) is 4.91. The van der Waals surface area contributed by atoms with Crippen molar-refractivity contribution in [3.63, 3.8) is 0 Å². The number of thiophene rings is 1. The minimum atomic E-state index is -0.235. The fourth-order valence-corrected chi connectivity index (χ4v) is 3.47. The fraction of sp³-hybridized carbons (Fsp3) is 0.250. The van der Waals surface area contributed by atoms with Gasteiger partial charge < -0.3 is 5.32 Å². The molecule has 0 saturated carbocycles. The van der Waals surface area contributed by atoms with Crippen molar-refractivity contribution in [1.82, 2.24) is 4.90 Å². The lowest BCUT2D eigenvalue weighted by Crippen LogP contribution is -2.24. The molecule has 1 aliphatic rings. The van der Waals surface area contributed by atoms with E-state index in [2.05, 4.69) is 25.2 Å². The van der Waals surface area contributed by atoms with Crippen LogP contribution in [0.2, 0.25) is 0 Å². The third kappa shape index (κ3) is 2.34. The zero-order valence-electron chi connectivity index (χ0n) is 12.2. The molecule has 21 heavy (non-hydrogen) atoms. The minimum absolute atomic E-state index is 0.231. The number of hydrogen-bond donors (Lipinski definition) is 1. The van der Waals surface area contributed by atoms with Crippen LogP contribution in [0, 0.1) is 13.8 Å². The number of rotatable bonds is 3. The number of carbonyl (C=O) groups excluding carboxylic acids is 2. The van der Waals surface area contributed by atoms with E-state index in [4.69, 9.17) is 0 Å². The van der Waals surface area contributed by atoms with Crippen LogP contribution in [0.1, 0.15) is 36.0 Å². The Bertz CT molecular complexity index is 749. The first-order valence-corrected chi connectivity index (χ1v) is 7.55. The molecule has 1 aromatic carbocycles. The largest absolute Gasteiger partial charge is 0.381 e. The molecule has 2 aromatic rings. The highest BCUT2D eigenvalue weighted by molar-refractivity contribution is 7.12. The summed E-state index contributed by atoms with van der Waals surface area (Å²) in [5.74, 6) is -0.466. The Morgan fingerprint density at radius 2 is 1.81 bits per heavy atom. The summed E-state index contributed by atoms with van der Waals surface area (Å²) in [6, 6.07) is 7.49. The van der Waals surface area contributed by atoms with Crippen molar-refractivity contribution < 1.29 is 9.59 Å². The second kappa shape index (κ2) is 5.00. The number of anilines is 1. The lowest BCUT2D eigenvalue weighted by molar-refractivity contribution is 0.0693. The number of carbonyl (C=O) groups is 2. The summed E-state index contributed by atoms with van der Waals surface area (Å²) < 4.78 is 0. The average molecular weight is 300 g/mol. The van der Waals surface area contributed by atoms with Crippen LogP contribution in [0.15, 0.2) is 24.3 Å². The molecule has 0 unspecified atom stereocenters. The molecular weight excluding hydrogens is 284 g/mol. The van der Waals surface area contributed by atoms with Gasteiger partial charge in [-0.15, -0.1) is 11.3 Å². The predicted molar refractivity (Wildman–Crippen MR) is 84.0 cm³/mol. The van der Waals surface area contributed by atoms with Crippen LogP contribution in [0.5, 0.6) is 0 Å². The van der Waals surface area contributed by atoms with Crippen molar-refractivity contribution in [2.75, 3.05) is 12.4 Å². The summed E-state index contributed by atoms with van der Waals surface area (Å²) in [4.78, 5) is 27.5. The van der Waals surface area contributed by atoms with Crippen LogP contribution in [0.4, 0.5) is 5.69 Å². The fourth-order valence-electron chi connectivity index (χ4n) is 2.53. The average Bonchev–Trinajstić information content (AvgIpc) is 2.89. The molecule has 3 rings (SSSR count). The Balaban J connectivity index is 1.81. The molecule has 0 aliphatic carbocycles. The van der Waals surface area contributed by atoms with Crippen LogP contribution in [0.25, 0.3) is 0 Å². The van der Waals surface area contributed by atoms with Crippen molar-refractivity contribution >= 4 is 28.8 Å². The first-order chi connectivity index (χ1) is 9.97. The van der Waals surface area contributed by atoms with Gasteiger partial charge in [-0.25, -0.2) is 0 Å². The number of benzene rings is 1. The van der Waals surface area contributed by atoms with Gasteiger partial charge in [-0.05, 0) is 43.7 Å². The second-order valence-corrected chi connectivity index (χ2v) is 6.68. The molecule has 1 aromatic heterocycles. The predicted octanol–water partition coefficient (Wildman–Crippen LogP) is 3.20. The quantitative estimate of drug-likeness (QED) is 0.886. The highest BCUT2D eigenvalue weighted by Gasteiger charge is 2.32. The maximum atomic E-state index is 12.0. The van der Waals surface area contributed by atoms with Gasteiger partial charge in [-0.3, -0.25) is 14.5 Å². The van der Waals surface area contributed by atoms with Crippen LogP contribution < -0.4 is 5.32 Å². The Labute approximate surface area is 127 Å². The van der Waals surface area contributed by atoms with Crippen molar-refractivity contribution in [3.05, 3.63) is 50.7 Å². The monoisotopic (exact) mass is 300 g/mol. The number of nitrogens with zero attached hydrogens (tertiary/aromatic N) is 1. The SMILES string of the molecule is Cc1cc(CNc2ccc3c(c2)C(=O)N(C)C3=O)c(C)s1. The molecule has 2 amide bonds. The summed E-state index contributed by atoms with van der Waals surface area (Å²) in [5, 5.41) is 3.32. The van der Waals surface area contributed by atoms with Crippen molar-refractivity contribution in [3.8, 4) is 0 Å². The smallest absolute Gasteiger partial charge is 0.261 e. The van der Waals surface area contributed by atoms with Crippen LogP contribution in [-0.4, -0.2) is 23.8 Å². The number of nitrogens with one attached hydrogen (secondary N) is 1. The number of aryl methyl sites for hydroxylation is 2. The van der Waals surface area contributed by atoms with E-state index in [1.165, 1.54) is 22.4 Å². The molecule has 4 nitrogen and oxygen atoms in total. The molecule has 5 heteroatoms. The standard InChI is InChI=1S/C16H16N2O2S/c1-9-6-11(10(2)21-9)8-17-12-4-5-13-14(7-12)16(20)18(3)15(13)19/h4-7,17H,8H2,1-3H3. The van der Waals surface area contributed by atoms with Gasteiger partial charge in [0, 0.05) is 29.0 Å². The van der Waals surface area contributed by atoms with Crippen molar-refractivity contribution in [1.29, 1.82) is 0 Å². The van der Waals surface area contributed by atoms with E-state index in [9.17, 15) is 9.59 Å². The Morgan fingerprint density at radius 3 is 2.48 bits per heavy atom. The topological polar surface area (TPSA) is 49.4 Å². The van der Waals surface area contributed by atoms with Crippen LogP contribution in [-0.2, 0) is 6.54 Å². The van der Waals surface area contributed by atoms with E-state index < -0.39 is 0 Å². The zero-order chi connectivity index (χ0) is 15.1.